The van der Waals surface area contributed by atoms with E-state index < -0.39 is 0 Å². The van der Waals surface area contributed by atoms with Gasteiger partial charge in [-0.1, -0.05) is 0 Å². The van der Waals surface area contributed by atoms with Crippen molar-refractivity contribution in [3.05, 3.63) is 35.5 Å². The summed E-state index contributed by atoms with van der Waals surface area (Å²) in [5.74, 6) is 0.774. The highest BCUT2D eigenvalue weighted by molar-refractivity contribution is 5.92. The highest BCUT2D eigenvalue weighted by Gasteiger charge is 2.24. The third-order valence-corrected chi connectivity index (χ3v) is 3.40. The van der Waals surface area contributed by atoms with Gasteiger partial charge in [0.25, 0.3) is 5.91 Å². The lowest BCUT2D eigenvalue weighted by molar-refractivity contribution is 0.0728. The quantitative estimate of drug-likeness (QED) is 0.859. The maximum absolute atomic E-state index is 12.3. The van der Waals surface area contributed by atoms with Crippen molar-refractivity contribution in [3.8, 4) is 0 Å². The number of nitrogens with zero attached hydrogens (tertiary/aromatic N) is 5. The van der Waals surface area contributed by atoms with Crippen LogP contribution in [0.5, 0.6) is 0 Å². The topological polar surface area (TPSA) is 78.0 Å². The zero-order valence-corrected chi connectivity index (χ0v) is 11.5. The third kappa shape index (κ3) is 2.22. The van der Waals surface area contributed by atoms with Gasteiger partial charge < -0.3 is 14.8 Å². The molecule has 0 fully saturated rings. The lowest BCUT2D eigenvalue weighted by atomic mass is 10.1. The molecular weight excluding hydrogens is 256 g/mol. The van der Waals surface area contributed by atoms with Crippen LogP contribution in [0.4, 0.5) is 5.82 Å². The van der Waals surface area contributed by atoms with Gasteiger partial charge in [0, 0.05) is 33.6 Å². The average Bonchev–Trinajstić information content (AvgIpc) is 2.99. The Hall–Kier alpha value is -2.44. The normalized spacial score (nSPS) is 14.0. The number of carbonyl (C=O) groups excluding carboxylic acids is 1. The van der Waals surface area contributed by atoms with Gasteiger partial charge in [0.15, 0.2) is 5.82 Å². The minimum absolute atomic E-state index is 0.0311. The molecule has 0 atom stereocenters. The Bertz CT molecular complexity index is 622. The van der Waals surface area contributed by atoms with Crippen LogP contribution in [0.1, 0.15) is 21.7 Å². The summed E-state index contributed by atoms with van der Waals surface area (Å²) >= 11 is 0. The molecular formula is C13H16N6O. The number of carbonyl (C=O) groups is 1. The fourth-order valence-corrected chi connectivity index (χ4v) is 2.25. The first-order valence-corrected chi connectivity index (χ1v) is 6.45. The maximum Gasteiger partial charge on any atom is 0.272 e. The van der Waals surface area contributed by atoms with Gasteiger partial charge in [0.05, 0.1) is 18.2 Å². The lowest BCUT2D eigenvalue weighted by Gasteiger charge is -2.28. The van der Waals surface area contributed by atoms with Gasteiger partial charge >= 0.3 is 0 Å². The molecule has 0 saturated heterocycles. The lowest BCUT2D eigenvalue weighted by Crippen LogP contribution is -2.36. The summed E-state index contributed by atoms with van der Waals surface area (Å²) in [4.78, 5) is 22.7. The van der Waals surface area contributed by atoms with Crippen LogP contribution in [-0.2, 0) is 13.0 Å². The fourth-order valence-electron chi connectivity index (χ4n) is 2.25. The van der Waals surface area contributed by atoms with Crippen molar-refractivity contribution in [3.63, 3.8) is 0 Å². The number of imidazole rings is 1. The molecule has 0 aliphatic carbocycles. The highest BCUT2D eigenvalue weighted by atomic mass is 16.2. The number of nitrogens with one attached hydrogen (secondary N) is 1. The first-order valence-electron chi connectivity index (χ1n) is 6.45. The average molecular weight is 272 g/mol. The first-order chi connectivity index (χ1) is 9.65. The van der Waals surface area contributed by atoms with E-state index in [4.69, 9.17) is 0 Å². The SMILES string of the molecule is CN(C)c1cc2c(nn1)CCN(C(=O)c1cnc[nH]1)C2. The van der Waals surface area contributed by atoms with Gasteiger partial charge in [-0.15, -0.1) is 5.10 Å². The van der Waals surface area contributed by atoms with E-state index in [9.17, 15) is 4.79 Å². The van der Waals surface area contributed by atoms with Crippen LogP contribution in [0.2, 0.25) is 0 Å². The van der Waals surface area contributed by atoms with E-state index in [0.29, 0.717) is 18.8 Å². The Balaban J connectivity index is 1.84. The smallest absolute Gasteiger partial charge is 0.272 e. The molecule has 2 aromatic heterocycles. The van der Waals surface area contributed by atoms with E-state index in [-0.39, 0.29) is 5.91 Å². The molecule has 3 rings (SSSR count). The summed E-state index contributed by atoms with van der Waals surface area (Å²) < 4.78 is 0. The van der Waals surface area contributed by atoms with E-state index in [1.54, 1.807) is 11.1 Å². The Morgan fingerprint density at radius 1 is 1.40 bits per heavy atom. The van der Waals surface area contributed by atoms with E-state index >= 15 is 0 Å². The molecule has 1 amide bonds. The Labute approximate surface area is 116 Å². The molecule has 7 heteroatoms. The Morgan fingerprint density at radius 2 is 2.25 bits per heavy atom. The summed E-state index contributed by atoms with van der Waals surface area (Å²) in [6, 6.07) is 1.99. The second-order valence-corrected chi connectivity index (χ2v) is 5.01. The molecule has 0 saturated carbocycles. The molecule has 1 aliphatic rings. The van der Waals surface area contributed by atoms with E-state index in [0.717, 1.165) is 23.5 Å². The molecule has 3 heterocycles. The van der Waals surface area contributed by atoms with Crippen molar-refractivity contribution in [1.82, 2.24) is 25.1 Å². The van der Waals surface area contributed by atoms with E-state index in [1.807, 2.05) is 25.1 Å². The number of aromatic amines is 1. The van der Waals surface area contributed by atoms with E-state index in [2.05, 4.69) is 20.2 Å². The summed E-state index contributed by atoms with van der Waals surface area (Å²) in [5, 5.41) is 8.41. The number of hydrogen-bond donors (Lipinski definition) is 1. The molecule has 0 radical (unpaired) electrons. The largest absolute Gasteiger partial charge is 0.361 e. The zero-order chi connectivity index (χ0) is 14.1. The van der Waals surface area contributed by atoms with Crippen LogP contribution >= 0.6 is 0 Å². The van der Waals surface area contributed by atoms with Crippen molar-refractivity contribution >= 4 is 11.7 Å². The van der Waals surface area contributed by atoms with Gasteiger partial charge in [-0.25, -0.2) is 4.98 Å². The summed E-state index contributed by atoms with van der Waals surface area (Å²) in [7, 11) is 3.85. The molecule has 0 aromatic carbocycles. The summed E-state index contributed by atoms with van der Waals surface area (Å²) in [5.41, 5.74) is 2.55. The van der Waals surface area contributed by atoms with Crippen molar-refractivity contribution in [1.29, 1.82) is 0 Å². The monoisotopic (exact) mass is 272 g/mol. The maximum atomic E-state index is 12.3. The van der Waals surface area contributed by atoms with Crippen LogP contribution in [-0.4, -0.2) is 51.6 Å². The first kappa shape index (κ1) is 12.6. The number of fused-ring (bicyclic) bond motifs is 1. The predicted octanol–water partition coefficient (Wildman–Crippen LogP) is 0.464. The van der Waals surface area contributed by atoms with Crippen molar-refractivity contribution in [2.24, 2.45) is 0 Å². The number of aromatic nitrogens is 4. The molecule has 1 N–H and O–H groups in total. The minimum Gasteiger partial charge on any atom is -0.361 e. The highest BCUT2D eigenvalue weighted by Crippen LogP contribution is 2.20. The predicted molar refractivity (Wildman–Crippen MR) is 73.4 cm³/mol. The minimum atomic E-state index is -0.0311. The number of hydrogen-bond acceptors (Lipinski definition) is 5. The van der Waals surface area contributed by atoms with Gasteiger partial charge in [0.2, 0.25) is 0 Å². The Morgan fingerprint density at radius 3 is 2.95 bits per heavy atom. The van der Waals surface area contributed by atoms with Crippen molar-refractivity contribution in [2.75, 3.05) is 25.5 Å². The van der Waals surface area contributed by atoms with Gasteiger partial charge in [-0.05, 0) is 11.6 Å². The molecule has 20 heavy (non-hydrogen) atoms. The number of H-pyrrole nitrogens is 1. The van der Waals surface area contributed by atoms with Crippen LogP contribution in [0.3, 0.4) is 0 Å². The van der Waals surface area contributed by atoms with Gasteiger partial charge in [0.1, 0.15) is 5.69 Å². The second-order valence-electron chi connectivity index (χ2n) is 5.01. The molecule has 2 aromatic rings. The summed E-state index contributed by atoms with van der Waals surface area (Å²) in [6.07, 6.45) is 3.80. The molecule has 104 valence electrons. The number of amides is 1. The van der Waals surface area contributed by atoms with Gasteiger partial charge in [-0.3, -0.25) is 4.79 Å². The molecule has 0 bridgehead atoms. The number of rotatable bonds is 2. The second kappa shape index (κ2) is 4.92. The fraction of sp³-hybridized carbons (Fsp3) is 0.385. The molecule has 7 nitrogen and oxygen atoms in total. The van der Waals surface area contributed by atoms with Crippen LogP contribution < -0.4 is 4.90 Å². The molecule has 1 aliphatic heterocycles. The molecule has 0 spiro atoms. The zero-order valence-electron chi connectivity index (χ0n) is 11.5. The van der Waals surface area contributed by atoms with Crippen LogP contribution in [0.25, 0.3) is 0 Å². The summed E-state index contributed by atoms with van der Waals surface area (Å²) in [6.45, 7) is 1.21. The standard InChI is InChI=1S/C13H16N6O/c1-18(2)12-5-9-7-19(4-3-10(9)16-17-12)13(20)11-6-14-8-15-11/h5-6,8H,3-4,7H2,1-2H3,(H,14,15). The third-order valence-electron chi connectivity index (χ3n) is 3.40. The van der Waals surface area contributed by atoms with Crippen molar-refractivity contribution in [2.45, 2.75) is 13.0 Å². The molecule has 0 unspecified atom stereocenters. The van der Waals surface area contributed by atoms with Crippen LogP contribution in [0.15, 0.2) is 18.6 Å². The Kier molecular flexibility index (Phi) is 3.09. The number of anilines is 1. The van der Waals surface area contributed by atoms with E-state index in [1.165, 1.54) is 6.33 Å². The van der Waals surface area contributed by atoms with Crippen LogP contribution in [0, 0.1) is 0 Å². The van der Waals surface area contributed by atoms with Crippen molar-refractivity contribution < 1.29 is 4.79 Å². The van der Waals surface area contributed by atoms with Gasteiger partial charge in [-0.2, -0.15) is 5.10 Å².